The molecular formula is C19H23FN2OS. The zero-order valence-corrected chi connectivity index (χ0v) is 14.9. The third-order valence-electron chi connectivity index (χ3n) is 4.30. The Morgan fingerprint density at radius 1 is 1.33 bits per heavy atom. The van der Waals surface area contributed by atoms with Crippen molar-refractivity contribution in [1.82, 2.24) is 10.2 Å². The van der Waals surface area contributed by atoms with Crippen molar-refractivity contribution in [2.45, 2.75) is 26.3 Å². The first-order valence-corrected chi connectivity index (χ1v) is 9.26. The molecule has 128 valence electrons. The number of fused-ring (bicyclic) bond motifs is 1. The molecule has 1 N–H and O–H groups in total. The Kier molecular flexibility index (Phi) is 5.31. The summed E-state index contributed by atoms with van der Waals surface area (Å²) in [6.45, 7) is 6.12. The minimum Gasteiger partial charge on any atom is -0.330 e. The van der Waals surface area contributed by atoms with Gasteiger partial charge < -0.3 is 10.2 Å². The van der Waals surface area contributed by atoms with Crippen LogP contribution in [0.5, 0.6) is 0 Å². The van der Waals surface area contributed by atoms with Crippen molar-refractivity contribution in [2.24, 2.45) is 5.92 Å². The van der Waals surface area contributed by atoms with Crippen LogP contribution in [-0.4, -0.2) is 30.4 Å². The van der Waals surface area contributed by atoms with Crippen LogP contribution < -0.4 is 5.32 Å². The summed E-state index contributed by atoms with van der Waals surface area (Å²) in [6.07, 6.45) is 0.889. The number of rotatable bonds is 5. The molecule has 1 aliphatic heterocycles. The molecule has 1 aliphatic rings. The van der Waals surface area contributed by atoms with Gasteiger partial charge in [0.1, 0.15) is 5.82 Å². The lowest BCUT2D eigenvalue weighted by molar-refractivity contribution is -0.132. The van der Waals surface area contributed by atoms with E-state index in [0.29, 0.717) is 19.0 Å². The molecule has 3 nitrogen and oxygen atoms in total. The van der Waals surface area contributed by atoms with Crippen LogP contribution in [0.25, 0.3) is 0 Å². The summed E-state index contributed by atoms with van der Waals surface area (Å²) >= 11 is 1.73. The first-order valence-electron chi connectivity index (χ1n) is 8.38. The molecule has 5 heteroatoms. The van der Waals surface area contributed by atoms with Crippen molar-refractivity contribution in [3.8, 4) is 0 Å². The van der Waals surface area contributed by atoms with E-state index in [1.807, 2.05) is 4.90 Å². The lowest BCUT2D eigenvalue weighted by Gasteiger charge is -2.36. The monoisotopic (exact) mass is 346 g/mol. The Hall–Kier alpha value is -1.72. The highest BCUT2D eigenvalue weighted by atomic mass is 32.1. The number of nitrogens with one attached hydrogen (secondary N) is 1. The van der Waals surface area contributed by atoms with Crippen molar-refractivity contribution < 1.29 is 9.18 Å². The maximum absolute atomic E-state index is 13.3. The number of carbonyl (C=O) groups is 1. The van der Waals surface area contributed by atoms with E-state index in [2.05, 4.69) is 30.6 Å². The van der Waals surface area contributed by atoms with E-state index in [1.54, 1.807) is 23.5 Å². The van der Waals surface area contributed by atoms with Gasteiger partial charge in [-0.1, -0.05) is 26.0 Å². The molecule has 0 bridgehead atoms. The third kappa shape index (κ3) is 3.68. The number of hydrogen-bond donors (Lipinski definition) is 1. The smallest absolute Gasteiger partial charge is 0.237 e. The lowest BCUT2D eigenvalue weighted by atomic mass is 9.93. The zero-order valence-electron chi connectivity index (χ0n) is 14.1. The minimum absolute atomic E-state index is 0.0989. The van der Waals surface area contributed by atoms with Crippen LogP contribution in [0.1, 0.15) is 35.9 Å². The van der Waals surface area contributed by atoms with E-state index < -0.39 is 0 Å². The predicted molar refractivity (Wildman–Crippen MR) is 95.7 cm³/mol. The number of nitrogens with zero attached hydrogens (tertiary/aromatic N) is 1. The van der Waals surface area contributed by atoms with Gasteiger partial charge in [0.15, 0.2) is 0 Å². The van der Waals surface area contributed by atoms with Gasteiger partial charge in [0, 0.05) is 11.4 Å². The number of hydrogen-bond acceptors (Lipinski definition) is 3. The number of carbonyl (C=O) groups excluding carboxylic acids is 1. The molecule has 1 amide bonds. The van der Waals surface area contributed by atoms with Gasteiger partial charge in [-0.05, 0) is 53.6 Å². The molecule has 0 radical (unpaired) electrons. The van der Waals surface area contributed by atoms with Crippen LogP contribution in [0.4, 0.5) is 4.39 Å². The summed E-state index contributed by atoms with van der Waals surface area (Å²) in [6, 6.07) is 8.48. The maximum atomic E-state index is 13.3. The number of thiophene rings is 1. The summed E-state index contributed by atoms with van der Waals surface area (Å²) in [5.74, 6) is 0.355. The van der Waals surface area contributed by atoms with E-state index in [-0.39, 0.29) is 17.8 Å². The molecule has 0 spiro atoms. The van der Waals surface area contributed by atoms with Crippen molar-refractivity contribution in [3.05, 3.63) is 57.5 Å². The quantitative estimate of drug-likeness (QED) is 0.897. The Labute approximate surface area is 146 Å². The zero-order chi connectivity index (χ0) is 17.1. The van der Waals surface area contributed by atoms with Crippen LogP contribution in [0, 0.1) is 11.7 Å². The summed E-state index contributed by atoms with van der Waals surface area (Å²) in [4.78, 5) is 16.0. The first-order chi connectivity index (χ1) is 11.6. The highest BCUT2D eigenvalue weighted by molar-refractivity contribution is 7.10. The molecule has 2 aromatic rings. The van der Waals surface area contributed by atoms with Crippen LogP contribution in [0.15, 0.2) is 35.7 Å². The van der Waals surface area contributed by atoms with E-state index in [1.165, 1.54) is 22.6 Å². The summed E-state index contributed by atoms with van der Waals surface area (Å²) in [7, 11) is 0. The van der Waals surface area contributed by atoms with Gasteiger partial charge in [0.05, 0.1) is 12.6 Å². The summed E-state index contributed by atoms with van der Waals surface area (Å²) in [5, 5.41) is 5.31. The SMILES string of the molecule is CC(C)CNCC(=O)N1CCc2sccc2[C@H]1c1ccc(F)cc1. The first kappa shape index (κ1) is 17.1. The van der Waals surface area contributed by atoms with E-state index in [0.717, 1.165) is 18.5 Å². The topological polar surface area (TPSA) is 32.3 Å². The van der Waals surface area contributed by atoms with Gasteiger partial charge in [-0.25, -0.2) is 4.39 Å². The van der Waals surface area contributed by atoms with Gasteiger partial charge in [-0.3, -0.25) is 4.79 Å². The average Bonchev–Trinajstić information content (AvgIpc) is 3.03. The van der Waals surface area contributed by atoms with E-state index in [4.69, 9.17) is 0 Å². The van der Waals surface area contributed by atoms with E-state index in [9.17, 15) is 9.18 Å². The standard InChI is InChI=1S/C19H23FN2OS/c1-13(2)11-21-12-18(23)22-9-7-17-16(8-10-24-17)19(22)14-3-5-15(20)6-4-14/h3-6,8,10,13,19,21H,7,9,11-12H2,1-2H3/t19-/m1/s1. The van der Waals surface area contributed by atoms with Crippen molar-refractivity contribution in [3.63, 3.8) is 0 Å². The molecule has 0 unspecified atom stereocenters. The highest BCUT2D eigenvalue weighted by Crippen LogP contribution is 2.37. The largest absolute Gasteiger partial charge is 0.330 e. The van der Waals surface area contributed by atoms with Gasteiger partial charge in [-0.2, -0.15) is 0 Å². The molecule has 0 fully saturated rings. The van der Waals surface area contributed by atoms with Crippen molar-refractivity contribution in [1.29, 1.82) is 0 Å². The predicted octanol–water partition coefficient (Wildman–Crippen LogP) is 3.61. The van der Waals surface area contributed by atoms with Crippen LogP contribution in [0.2, 0.25) is 0 Å². The van der Waals surface area contributed by atoms with Crippen LogP contribution in [0.3, 0.4) is 0 Å². The normalized spacial score (nSPS) is 17.2. The summed E-state index contributed by atoms with van der Waals surface area (Å²) < 4.78 is 13.3. The third-order valence-corrected chi connectivity index (χ3v) is 5.30. The Bertz CT molecular complexity index is 696. The second-order valence-corrected chi connectivity index (χ2v) is 7.62. The van der Waals surface area contributed by atoms with Gasteiger partial charge in [0.2, 0.25) is 5.91 Å². The molecular weight excluding hydrogens is 323 g/mol. The van der Waals surface area contributed by atoms with Crippen molar-refractivity contribution >= 4 is 17.2 Å². The van der Waals surface area contributed by atoms with Gasteiger partial charge in [0.25, 0.3) is 0 Å². The second kappa shape index (κ2) is 7.45. The molecule has 0 saturated heterocycles. The summed E-state index contributed by atoms with van der Waals surface area (Å²) in [5.41, 5.74) is 2.14. The highest BCUT2D eigenvalue weighted by Gasteiger charge is 2.32. The fourth-order valence-corrected chi connectivity index (χ4v) is 4.06. The second-order valence-electron chi connectivity index (χ2n) is 6.62. The molecule has 0 saturated carbocycles. The minimum atomic E-state index is -0.253. The molecule has 2 heterocycles. The molecule has 24 heavy (non-hydrogen) atoms. The molecule has 0 aliphatic carbocycles. The molecule has 1 atom stereocenters. The number of benzene rings is 1. The fraction of sp³-hybridized carbons (Fsp3) is 0.421. The average molecular weight is 346 g/mol. The Morgan fingerprint density at radius 3 is 2.79 bits per heavy atom. The Balaban J connectivity index is 1.84. The Morgan fingerprint density at radius 2 is 2.08 bits per heavy atom. The number of halogens is 1. The molecule has 1 aromatic heterocycles. The fourth-order valence-electron chi connectivity index (χ4n) is 3.16. The van der Waals surface area contributed by atoms with Crippen molar-refractivity contribution in [2.75, 3.05) is 19.6 Å². The molecule has 3 rings (SSSR count). The van der Waals surface area contributed by atoms with Crippen LogP contribution >= 0.6 is 11.3 Å². The van der Waals surface area contributed by atoms with Crippen LogP contribution in [-0.2, 0) is 11.2 Å². The van der Waals surface area contributed by atoms with Gasteiger partial charge in [-0.15, -0.1) is 11.3 Å². The van der Waals surface area contributed by atoms with E-state index >= 15 is 0 Å². The number of amides is 1. The van der Waals surface area contributed by atoms with Gasteiger partial charge >= 0.3 is 0 Å². The maximum Gasteiger partial charge on any atom is 0.237 e. The molecule has 1 aromatic carbocycles. The lowest BCUT2D eigenvalue weighted by Crippen LogP contribution is -2.44.